The van der Waals surface area contributed by atoms with Gasteiger partial charge in [-0.1, -0.05) is 12.8 Å². The summed E-state index contributed by atoms with van der Waals surface area (Å²) in [6.45, 7) is 0.583. The van der Waals surface area contributed by atoms with Crippen LogP contribution in [0.2, 0.25) is 0 Å². The molecule has 6 heteroatoms. The molecule has 21 heavy (non-hydrogen) atoms. The third-order valence-corrected chi connectivity index (χ3v) is 4.46. The molecule has 0 unspecified atom stereocenters. The quantitative estimate of drug-likeness (QED) is 0.727. The molecule has 1 saturated carbocycles. The van der Waals surface area contributed by atoms with Gasteiger partial charge in [0.15, 0.2) is 0 Å². The summed E-state index contributed by atoms with van der Waals surface area (Å²) in [5, 5.41) is 12.1. The molecule has 1 aliphatic carbocycles. The van der Waals surface area contributed by atoms with Gasteiger partial charge in [-0.2, -0.15) is 0 Å². The molecule has 0 bridgehead atoms. The topological polar surface area (TPSA) is 78.6 Å². The van der Waals surface area contributed by atoms with Crippen LogP contribution < -0.4 is 11.1 Å². The number of halogens is 1. The molecule has 5 nitrogen and oxygen atoms in total. The average Bonchev–Trinajstić information content (AvgIpc) is 2.87. The van der Waals surface area contributed by atoms with Gasteiger partial charge in [0.05, 0.1) is 11.3 Å². The summed E-state index contributed by atoms with van der Waals surface area (Å²) in [7, 11) is 4.05. The Balaban J connectivity index is 2.19. The number of nitrogen functional groups attached to an aromatic ring is 1. The molecule has 0 amide bonds. The number of anilines is 2. The number of nitrogens with two attached hydrogens (primary N) is 1. The van der Waals surface area contributed by atoms with Crippen LogP contribution in [0.15, 0.2) is 12.1 Å². The number of carbonyl (C=O) groups is 1. The number of carboxylic acid groups (broad SMARTS) is 1. The van der Waals surface area contributed by atoms with E-state index in [4.69, 9.17) is 10.8 Å². The Hall–Kier alpha value is -1.82. The van der Waals surface area contributed by atoms with Crippen molar-refractivity contribution in [1.82, 2.24) is 4.90 Å². The molecule has 1 aliphatic rings. The Morgan fingerprint density at radius 3 is 2.57 bits per heavy atom. The molecule has 0 saturated heterocycles. The number of rotatable bonds is 5. The number of aromatic carboxylic acids is 1. The van der Waals surface area contributed by atoms with Crippen LogP contribution in [0.25, 0.3) is 0 Å². The van der Waals surface area contributed by atoms with Gasteiger partial charge in [0.25, 0.3) is 0 Å². The van der Waals surface area contributed by atoms with Crippen molar-refractivity contribution in [2.45, 2.75) is 31.2 Å². The number of likely N-dealkylation sites (N-methyl/N-ethyl adjacent to an activating group) is 1. The van der Waals surface area contributed by atoms with E-state index in [1.807, 2.05) is 14.1 Å². The lowest BCUT2D eigenvalue weighted by atomic mass is 9.96. The summed E-state index contributed by atoms with van der Waals surface area (Å²) >= 11 is 0. The van der Waals surface area contributed by atoms with Gasteiger partial charge in [0.2, 0.25) is 0 Å². The summed E-state index contributed by atoms with van der Waals surface area (Å²) in [4.78, 5) is 13.2. The van der Waals surface area contributed by atoms with E-state index in [0.29, 0.717) is 6.54 Å². The SMILES string of the molecule is CN(C)C1(CNc2cc(C(=O)O)c(N)cc2F)CCCC1. The fraction of sp³-hybridized carbons (Fsp3) is 0.533. The zero-order chi connectivity index (χ0) is 15.6. The van der Waals surface area contributed by atoms with Crippen LogP contribution in [0.1, 0.15) is 36.0 Å². The third kappa shape index (κ3) is 3.10. The predicted molar refractivity (Wildman–Crippen MR) is 81.1 cm³/mol. The summed E-state index contributed by atoms with van der Waals surface area (Å²) in [5.74, 6) is -1.68. The molecule has 0 aliphatic heterocycles. The first-order valence-electron chi connectivity index (χ1n) is 7.09. The van der Waals surface area contributed by atoms with Crippen LogP contribution in [0.5, 0.6) is 0 Å². The van der Waals surface area contributed by atoms with Gasteiger partial charge in [-0.3, -0.25) is 0 Å². The lowest BCUT2D eigenvalue weighted by Gasteiger charge is -2.37. The van der Waals surface area contributed by atoms with Crippen molar-refractivity contribution in [3.05, 3.63) is 23.5 Å². The monoisotopic (exact) mass is 295 g/mol. The lowest BCUT2D eigenvalue weighted by Crippen LogP contribution is -2.47. The van der Waals surface area contributed by atoms with E-state index in [9.17, 15) is 9.18 Å². The molecule has 4 N–H and O–H groups in total. The Morgan fingerprint density at radius 1 is 1.43 bits per heavy atom. The molecular formula is C15H22FN3O2. The zero-order valence-corrected chi connectivity index (χ0v) is 12.4. The Morgan fingerprint density at radius 2 is 2.05 bits per heavy atom. The third-order valence-electron chi connectivity index (χ3n) is 4.46. The summed E-state index contributed by atoms with van der Waals surface area (Å²) < 4.78 is 13.9. The molecule has 0 spiro atoms. The Kier molecular flexibility index (Phi) is 4.37. The van der Waals surface area contributed by atoms with Crippen molar-refractivity contribution >= 4 is 17.3 Å². The Bertz CT molecular complexity index is 540. The number of hydrogen-bond donors (Lipinski definition) is 3. The second-order valence-corrected chi connectivity index (χ2v) is 5.90. The van der Waals surface area contributed by atoms with Gasteiger partial charge in [0.1, 0.15) is 5.82 Å². The first-order valence-corrected chi connectivity index (χ1v) is 7.09. The maximum atomic E-state index is 13.9. The first kappa shape index (κ1) is 15.6. The smallest absolute Gasteiger partial charge is 0.337 e. The highest BCUT2D eigenvalue weighted by Gasteiger charge is 2.35. The summed E-state index contributed by atoms with van der Waals surface area (Å²) in [6.07, 6.45) is 4.42. The van der Waals surface area contributed by atoms with Gasteiger partial charge < -0.3 is 21.1 Å². The van der Waals surface area contributed by atoms with Crippen molar-refractivity contribution in [2.24, 2.45) is 0 Å². The van der Waals surface area contributed by atoms with Crippen molar-refractivity contribution in [3.8, 4) is 0 Å². The van der Waals surface area contributed by atoms with Crippen molar-refractivity contribution in [2.75, 3.05) is 31.7 Å². The highest BCUT2D eigenvalue weighted by Crippen LogP contribution is 2.34. The van der Waals surface area contributed by atoms with E-state index in [1.165, 1.54) is 6.07 Å². The van der Waals surface area contributed by atoms with Gasteiger partial charge in [-0.15, -0.1) is 0 Å². The molecule has 1 aromatic rings. The number of carboxylic acids is 1. The van der Waals surface area contributed by atoms with Gasteiger partial charge in [0, 0.05) is 17.8 Å². The number of hydrogen-bond acceptors (Lipinski definition) is 4. The molecule has 2 rings (SSSR count). The molecule has 116 valence electrons. The molecule has 1 fully saturated rings. The second kappa shape index (κ2) is 5.89. The molecule has 0 radical (unpaired) electrons. The lowest BCUT2D eigenvalue weighted by molar-refractivity contribution is 0.0698. The summed E-state index contributed by atoms with van der Waals surface area (Å²) in [5.41, 5.74) is 5.57. The minimum absolute atomic E-state index is 0.00276. The fourth-order valence-corrected chi connectivity index (χ4v) is 2.98. The van der Waals surface area contributed by atoms with E-state index in [0.717, 1.165) is 31.7 Å². The predicted octanol–water partition coefficient (Wildman–Crippen LogP) is 2.39. The number of nitrogens with zero attached hydrogens (tertiary/aromatic N) is 1. The van der Waals surface area contributed by atoms with Crippen LogP contribution in [-0.2, 0) is 0 Å². The molecular weight excluding hydrogens is 273 g/mol. The normalized spacial score (nSPS) is 17.1. The zero-order valence-electron chi connectivity index (χ0n) is 12.4. The maximum Gasteiger partial charge on any atom is 0.337 e. The van der Waals surface area contributed by atoms with Crippen LogP contribution >= 0.6 is 0 Å². The van der Waals surface area contributed by atoms with Gasteiger partial charge in [-0.05, 0) is 39.1 Å². The number of benzene rings is 1. The van der Waals surface area contributed by atoms with Crippen molar-refractivity contribution < 1.29 is 14.3 Å². The van der Waals surface area contributed by atoms with E-state index in [-0.39, 0.29) is 22.5 Å². The second-order valence-electron chi connectivity index (χ2n) is 5.90. The van der Waals surface area contributed by atoms with Crippen LogP contribution in [0.4, 0.5) is 15.8 Å². The largest absolute Gasteiger partial charge is 0.478 e. The van der Waals surface area contributed by atoms with Gasteiger partial charge in [-0.25, -0.2) is 9.18 Å². The standard InChI is InChI=1S/C15H22FN3O2/c1-19(2)15(5-3-4-6-15)9-18-13-7-10(14(20)21)12(17)8-11(13)16/h7-8,18H,3-6,9,17H2,1-2H3,(H,20,21). The minimum atomic E-state index is -1.15. The Labute approximate surface area is 123 Å². The summed E-state index contributed by atoms with van der Waals surface area (Å²) in [6, 6.07) is 2.33. The van der Waals surface area contributed by atoms with Crippen LogP contribution in [0, 0.1) is 5.82 Å². The molecule has 0 atom stereocenters. The van der Waals surface area contributed by atoms with E-state index in [2.05, 4.69) is 10.2 Å². The highest BCUT2D eigenvalue weighted by atomic mass is 19.1. The molecule has 0 heterocycles. The van der Waals surface area contributed by atoms with E-state index < -0.39 is 11.8 Å². The van der Waals surface area contributed by atoms with E-state index in [1.54, 1.807) is 0 Å². The fourth-order valence-electron chi connectivity index (χ4n) is 2.98. The van der Waals surface area contributed by atoms with Crippen LogP contribution in [-0.4, -0.2) is 42.2 Å². The van der Waals surface area contributed by atoms with Crippen LogP contribution in [0.3, 0.4) is 0 Å². The minimum Gasteiger partial charge on any atom is -0.478 e. The number of nitrogens with one attached hydrogen (secondary N) is 1. The van der Waals surface area contributed by atoms with Gasteiger partial charge >= 0.3 is 5.97 Å². The highest BCUT2D eigenvalue weighted by molar-refractivity contribution is 5.94. The first-order chi connectivity index (χ1) is 9.85. The molecule has 1 aromatic carbocycles. The molecule has 0 aromatic heterocycles. The van der Waals surface area contributed by atoms with Crippen molar-refractivity contribution in [3.63, 3.8) is 0 Å². The van der Waals surface area contributed by atoms with E-state index >= 15 is 0 Å². The van der Waals surface area contributed by atoms with Crippen molar-refractivity contribution in [1.29, 1.82) is 0 Å². The maximum absolute atomic E-state index is 13.9. The average molecular weight is 295 g/mol.